The van der Waals surface area contributed by atoms with Gasteiger partial charge in [0.1, 0.15) is 5.76 Å². The van der Waals surface area contributed by atoms with Gasteiger partial charge in [-0.2, -0.15) is 0 Å². The number of anilines is 1. The minimum Gasteiger partial charge on any atom is -0.360 e. The predicted octanol–water partition coefficient (Wildman–Crippen LogP) is 2.16. The lowest BCUT2D eigenvalue weighted by atomic mass is 10.3. The van der Waals surface area contributed by atoms with Crippen LogP contribution in [0.5, 0.6) is 0 Å². The molecule has 2 aromatic rings. The van der Waals surface area contributed by atoms with Gasteiger partial charge < -0.3 is 15.2 Å². The molecule has 0 bridgehead atoms. The third-order valence-electron chi connectivity index (χ3n) is 2.44. The highest BCUT2D eigenvalue weighted by Gasteiger charge is 2.14. The van der Waals surface area contributed by atoms with Crippen LogP contribution in [0.1, 0.15) is 17.6 Å². The first-order chi connectivity index (χ1) is 8.65. The van der Waals surface area contributed by atoms with Crippen LogP contribution in [0.4, 0.5) is 5.82 Å². The lowest BCUT2D eigenvalue weighted by molar-refractivity contribution is -0.117. The van der Waals surface area contributed by atoms with Gasteiger partial charge in [0.05, 0.1) is 6.04 Å². The zero-order valence-corrected chi connectivity index (χ0v) is 11.1. The van der Waals surface area contributed by atoms with Crippen molar-refractivity contribution in [2.75, 3.05) is 5.32 Å². The fraction of sp³-hybridized carbons (Fsp3) is 0.333. The lowest BCUT2D eigenvalue weighted by Gasteiger charge is -2.11. The summed E-state index contributed by atoms with van der Waals surface area (Å²) in [7, 11) is 0. The molecule has 2 aromatic heterocycles. The van der Waals surface area contributed by atoms with Crippen molar-refractivity contribution in [1.29, 1.82) is 0 Å². The third-order valence-corrected chi connectivity index (χ3v) is 3.31. The average Bonchev–Trinajstić information content (AvgIpc) is 2.97. The zero-order chi connectivity index (χ0) is 13.0. The van der Waals surface area contributed by atoms with E-state index >= 15 is 0 Å². The number of nitrogens with zero attached hydrogens (tertiary/aromatic N) is 1. The van der Waals surface area contributed by atoms with E-state index in [0.717, 1.165) is 0 Å². The van der Waals surface area contributed by atoms with E-state index in [9.17, 15) is 4.79 Å². The first-order valence-corrected chi connectivity index (χ1v) is 6.53. The summed E-state index contributed by atoms with van der Waals surface area (Å²) in [6.45, 7) is 4.28. The van der Waals surface area contributed by atoms with Gasteiger partial charge in [-0.25, -0.2) is 0 Å². The summed E-state index contributed by atoms with van der Waals surface area (Å²) in [5, 5.41) is 11.6. The molecular formula is C12H15N3O2S. The predicted molar refractivity (Wildman–Crippen MR) is 70.5 cm³/mol. The SMILES string of the molecule is Cc1cc(NC(=O)C(C)NCc2cccs2)no1. The summed E-state index contributed by atoms with van der Waals surface area (Å²) in [5.74, 6) is 0.992. The number of amides is 1. The van der Waals surface area contributed by atoms with E-state index < -0.39 is 0 Å². The Morgan fingerprint density at radius 2 is 2.44 bits per heavy atom. The second-order valence-electron chi connectivity index (χ2n) is 3.99. The number of rotatable bonds is 5. The van der Waals surface area contributed by atoms with E-state index in [1.165, 1.54) is 4.88 Å². The second-order valence-corrected chi connectivity index (χ2v) is 5.03. The van der Waals surface area contributed by atoms with E-state index in [4.69, 9.17) is 4.52 Å². The van der Waals surface area contributed by atoms with Crippen molar-refractivity contribution in [3.05, 3.63) is 34.2 Å². The van der Waals surface area contributed by atoms with E-state index in [1.807, 2.05) is 24.4 Å². The highest BCUT2D eigenvalue weighted by Crippen LogP contribution is 2.09. The Balaban J connectivity index is 1.81. The van der Waals surface area contributed by atoms with Gasteiger partial charge in [-0.15, -0.1) is 11.3 Å². The second kappa shape index (κ2) is 5.79. The molecule has 0 fully saturated rings. The Labute approximate surface area is 109 Å². The smallest absolute Gasteiger partial charge is 0.242 e. The fourth-order valence-corrected chi connectivity index (χ4v) is 2.08. The maximum atomic E-state index is 11.8. The van der Waals surface area contributed by atoms with E-state index in [0.29, 0.717) is 18.1 Å². The van der Waals surface area contributed by atoms with Gasteiger partial charge in [0.2, 0.25) is 5.91 Å². The van der Waals surface area contributed by atoms with Crippen molar-refractivity contribution in [1.82, 2.24) is 10.5 Å². The van der Waals surface area contributed by atoms with E-state index in [-0.39, 0.29) is 11.9 Å². The molecule has 0 aliphatic heterocycles. The first-order valence-electron chi connectivity index (χ1n) is 5.65. The number of carbonyl (C=O) groups excluding carboxylic acids is 1. The summed E-state index contributed by atoms with van der Waals surface area (Å²) in [6, 6.07) is 5.42. The van der Waals surface area contributed by atoms with Crippen molar-refractivity contribution in [3.63, 3.8) is 0 Å². The molecule has 0 aromatic carbocycles. The summed E-state index contributed by atoms with van der Waals surface area (Å²) in [4.78, 5) is 13.0. The molecule has 2 rings (SSSR count). The Kier molecular flexibility index (Phi) is 4.11. The van der Waals surface area contributed by atoms with Crippen LogP contribution in [0.3, 0.4) is 0 Å². The number of carbonyl (C=O) groups is 1. The van der Waals surface area contributed by atoms with Gasteiger partial charge in [-0.05, 0) is 25.3 Å². The largest absolute Gasteiger partial charge is 0.360 e. The molecule has 1 unspecified atom stereocenters. The molecule has 0 aliphatic carbocycles. The molecule has 96 valence electrons. The molecule has 2 N–H and O–H groups in total. The van der Waals surface area contributed by atoms with Crippen molar-refractivity contribution >= 4 is 23.1 Å². The fourth-order valence-electron chi connectivity index (χ4n) is 1.42. The number of nitrogens with one attached hydrogen (secondary N) is 2. The topological polar surface area (TPSA) is 67.2 Å². The lowest BCUT2D eigenvalue weighted by Crippen LogP contribution is -2.37. The van der Waals surface area contributed by atoms with Crippen LogP contribution >= 0.6 is 11.3 Å². The van der Waals surface area contributed by atoms with Gasteiger partial charge in [-0.3, -0.25) is 4.79 Å². The summed E-state index contributed by atoms with van der Waals surface area (Å²) in [5.41, 5.74) is 0. The van der Waals surface area contributed by atoms with Crippen LogP contribution in [0, 0.1) is 6.92 Å². The maximum Gasteiger partial charge on any atom is 0.242 e. The number of hydrogen-bond acceptors (Lipinski definition) is 5. The number of aryl methyl sites for hydroxylation is 1. The molecule has 0 radical (unpaired) electrons. The Morgan fingerprint density at radius 1 is 1.61 bits per heavy atom. The van der Waals surface area contributed by atoms with Gasteiger partial charge in [0, 0.05) is 17.5 Å². The average molecular weight is 265 g/mol. The van der Waals surface area contributed by atoms with Crippen molar-refractivity contribution < 1.29 is 9.32 Å². The molecule has 0 aliphatic rings. The van der Waals surface area contributed by atoms with Gasteiger partial charge >= 0.3 is 0 Å². The number of aromatic nitrogens is 1. The highest BCUT2D eigenvalue weighted by atomic mass is 32.1. The van der Waals surface area contributed by atoms with Crippen LogP contribution in [0.15, 0.2) is 28.1 Å². The Bertz CT molecular complexity index is 507. The number of thiophene rings is 1. The van der Waals surface area contributed by atoms with Crippen LogP contribution in [0.25, 0.3) is 0 Å². The third kappa shape index (κ3) is 3.41. The van der Waals surface area contributed by atoms with Crippen LogP contribution in [-0.2, 0) is 11.3 Å². The monoisotopic (exact) mass is 265 g/mol. The molecule has 2 heterocycles. The van der Waals surface area contributed by atoms with Crippen molar-refractivity contribution in [3.8, 4) is 0 Å². The quantitative estimate of drug-likeness (QED) is 0.869. The summed E-state index contributed by atoms with van der Waals surface area (Å²) in [6.07, 6.45) is 0. The minimum atomic E-state index is -0.288. The van der Waals surface area contributed by atoms with Crippen LogP contribution in [0.2, 0.25) is 0 Å². The molecule has 1 amide bonds. The summed E-state index contributed by atoms with van der Waals surface area (Å²) >= 11 is 1.66. The molecule has 18 heavy (non-hydrogen) atoms. The Hall–Kier alpha value is -1.66. The van der Waals surface area contributed by atoms with Gasteiger partial charge in [0.15, 0.2) is 5.82 Å². The minimum absolute atomic E-state index is 0.125. The summed E-state index contributed by atoms with van der Waals surface area (Å²) < 4.78 is 4.88. The van der Waals surface area contributed by atoms with E-state index in [1.54, 1.807) is 24.3 Å². The number of hydrogen-bond donors (Lipinski definition) is 2. The van der Waals surface area contributed by atoms with Gasteiger partial charge in [-0.1, -0.05) is 11.2 Å². The molecule has 0 saturated carbocycles. The molecular weight excluding hydrogens is 250 g/mol. The van der Waals surface area contributed by atoms with E-state index in [2.05, 4.69) is 15.8 Å². The standard InChI is InChI=1S/C12H15N3O2S/c1-8-6-11(15-17-8)14-12(16)9(2)13-7-10-4-3-5-18-10/h3-6,9,13H,7H2,1-2H3,(H,14,15,16). The maximum absolute atomic E-state index is 11.8. The Morgan fingerprint density at radius 3 is 3.06 bits per heavy atom. The first kappa shape index (κ1) is 12.8. The molecule has 6 heteroatoms. The molecule has 1 atom stereocenters. The van der Waals surface area contributed by atoms with Crippen molar-refractivity contribution in [2.45, 2.75) is 26.4 Å². The van der Waals surface area contributed by atoms with Crippen LogP contribution < -0.4 is 10.6 Å². The molecule has 5 nitrogen and oxygen atoms in total. The zero-order valence-electron chi connectivity index (χ0n) is 10.3. The normalized spacial score (nSPS) is 12.3. The van der Waals surface area contributed by atoms with Gasteiger partial charge in [0.25, 0.3) is 0 Å². The van der Waals surface area contributed by atoms with Crippen molar-refractivity contribution in [2.24, 2.45) is 0 Å². The highest BCUT2D eigenvalue weighted by molar-refractivity contribution is 7.09. The molecule has 0 saturated heterocycles. The van der Waals surface area contributed by atoms with Crippen LogP contribution in [-0.4, -0.2) is 17.1 Å². The molecule has 0 spiro atoms.